The van der Waals surface area contributed by atoms with Crippen LogP contribution in [0.3, 0.4) is 0 Å². The zero-order chi connectivity index (χ0) is 10.3. The maximum Gasteiger partial charge on any atom is 0.233 e. The van der Waals surface area contributed by atoms with Crippen LogP contribution in [0.15, 0.2) is 12.5 Å². The van der Waals surface area contributed by atoms with Gasteiger partial charge in [-0.05, 0) is 5.41 Å². The molecule has 4 heteroatoms. The highest BCUT2D eigenvalue weighted by atomic mass is 16.2. The number of hydrogen-bond donors (Lipinski definition) is 1. The van der Waals surface area contributed by atoms with Crippen molar-refractivity contribution in [2.24, 2.45) is 5.41 Å². The van der Waals surface area contributed by atoms with Crippen LogP contribution in [-0.2, 0) is 4.79 Å². The van der Waals surface area contributed by atoms with E-state index in [0.717, 1.165) is 5.56 Å². The van der Waals surface area contributed by atoms with E-state index in [-0.39, 0.29) is 17.2 Å². The maximum absolute atomic E-state index is 11.7. The van der Waals surface area contributed by atoms with Crippen molar-refractivity contribution in [2.45, 2.75) is 26.7 Å². The maximum atomic E-state index is 11.7. The van der Waals surface area contributed by atoms with E-state index in [0.29, 0.717) is 5.82 Å². The molecule has 4 nitrogen and oxygen atoms in total. The lowest BCUT2D eigenvalue weighted by Crippen LogP contribution is -2.25. The first kappa shape index (κ1) is 9.12. The Bertz CT molecular complexity index is 381. The molecule has 0 fully saturated rings. The number of nitrogens with zero attached hydrogens (tertiary/aromatic N) is 2. The first-order valence-corrected chi connectivity index (χ1v) is 4.61. The molecule has 0 saturated heterocycles. The summed E-state index contributed by atoms with van der Waals surface area (Å²) >= 11 is 0. The van der Waals surface area contributed by atoms with E-state index in [1.165, 1.54) is 6.33 Å². The molecule has 1 aliphatic rings. The van der Waals surface area contributed by atoms with Crippen molar-refractivity contribution in [1.82, 2.24) is 9.97 Å². The molecule has 0 radical (unpaired) electrons. The van der Waals surface area contributed by atoms with Gasteiger partial charge in [-0.2, -0.15) is 0 Å². The van der Waals surface area contributed by atoms with Crippen molar-refractivity contribution < 1.29 is 4.79 Å². The van der Waals surface area contributed by atoms with Gasteiger partial charge >= 0.3 is 0 Å². The van der Waals surface area contributed by atoms with E-state index in [2.05, 4.69) is 15.3 Å². The molecule has 0 aliphatic carbocycles. The Morgan fingerprint density at radius 2 is 2.14 bits per heavy atom. The summed E-state index contributed by atoms with van der Waals surface area (Å²) in [7, 11) is 0. The monoisotopic (exact) mass is 191 g/mol. The predicted octanol–water partition coefficient (Wildman–Crippen LogP) is 1.56. The van der Waals surface area contributed by atoms with E-state index in [4.69, 9.17) is 0 Å². The van der Waals surface area contributed by atoms with Gasteiger partial charge in [0.15, 0.2) is 0 Å². The first-order valence-electron chi connectivity index (χ1n) is 4.61. The van der Waals surface area contributed by atoms with Crippen LogP contribution in [-0.4, -0.2) is 15.9 Å². The summed E-state index contributed by atoms with van der Waals surface area (Å²) in [5, 5.41) is 2.76. The van der Waals surface area contributed by atoms with E-state index in [1.807, 2.05) is 20.8 Å². The minimum atomic E-state index is -0.140. The number of carbonyl (C=O) groups excluding carboxylic acids is 1. The minimum Gasteiger partial charge on any atom is -0.310 e. The molecule has 0 saturated carbocycles. The smallest absolute Gasteiger partial charge is 0.233 e. The lowest BCUT2D eigenvalue weighted by molar-refractivity contribution is -0.119. The largest absolute Gasteiger partial charge is 0.310 e. The number of anilines is 1. The molecule has 1 N–H and O–H groups in total. The fourth-order valence-electron chi connectivity index (χ4n) is 1.85. The van der Waals surface area contributed by atoms with Crippen LogP contribution in [0.5, 0.6) is 0 Å². The number of amides is 1. The van der Waals surface area contributed by atoms with Crippen LogP contribution >= 0.6 is 0 Å². The third kappa shape index (κ3) is 1.27. The minimum absolute atomic E-state index is 0.0213. The fourth-order valence-corrected chi connectivity index (χ4v) is 1.85. The average molecular weight is 191 g/mol. The second-order valence-electron chi connectivity index (χ2n) is 4.61. The second-order valence-corrected chi connectivity index (χ2v) is 4.61. The topological polar surface area (TPSA) is 54.9 Å². The zero-order valence-corrected chi connectivity index (χ0v) is 8.53. The third-order valence-electron chi connectivity index (χ3n) is 2.42. The molecule has 14 heavy (non-hydrogen) atoms. The van der Waals surface area contributed by atoms with E-state index < -0.39 is 0 Å². The van der Waals surface area contributed by atoms with Crippen LogP contribution in [0.1, 0.15) is 32.3 Å². The molecule has 1 aromatic rings. The van der Waals surface area contributed by atoms with E-state index >= 15 is 0 Å². The summed E-state index contributed by atoms with van der Waals surface area (Å²) in [6.45, 7) is 6.12. The van der Waals surface area contributed by atoms with Gasteiger partial charge < -0.3 is 5.32 Å². The van der Waals surface area contributed by atoms with Gasteiger partial charge in [0.1, 0.15) is 12.1 Å². The highest BCUT2D eigenvalue weighted by molar-refractivity contribution is 6.02. The first-order chi connectivity index (χ1) is 6.50. The van der Waals surface area contributed by atoms with Gasteiger partial charge in [-0.3, -0.25) is 4.79 Å². The zero-order valence-electron chi connectivity index (χ0n) is 8.53. The molecule has 1 unspecified atom stereocenters. The standard InChI is InChI=1S/C10H13N3O/c1-10(2,3)7-6-4-11-5-12-8(6)13-9(7)14/h4-5,7H,1-3H3,(H,11,12,13,14). The van der Waals surface area contributed by atoms with Crippen LogP contribution in [0.4, 0.5) is 5.82 Å². The van der Waals surface area contributed by atoms with Crippen LogP contribution in [0.2, 0.25) is 0 Å². The van der Waals surface area contributed by atoms with Gasteiger partial charge in [-0.15, -0.1) is 0 Å². The van der Waals surface area contributed by atoms with Gasteiger partial charge in [0, 0.05) is 11.8 Å². The number of aromatic nitrogens is 2. The molecule has 1 amide bonds. The van der Waals surface area contributed by atoms with Crippen LogP contribution < -0.4 is 5.32 Å². The summed E-state index contributed by atoms with van der Waals surface area (Å²) < 4.78 is 0. The summed E-state index contributed by atoms with van der Waals surface area (Å²) in [5.74, 6) is 0.539. The Morgan fingerprint density at radius 1 is 1.43 bits per heavy atom. The fraction of sp³-hybridized carbons (Fsp3) is 0.500. The molecule has 0 bridgehead atoms. The Balaban J connectivity index is 2.50. The Labute approximate surface area is 82.8 Å². The van der Waals surface area contributed by atoms with Gasteiger partial charge in [0.2, 0.25) is 5.91 Å². The Morgan fingerprint density at radius 3 is 2.79 bits per heavy atom. The Kier molecular flexibility index (Phi) is 1.80. The summed E-state index contributed by atoms with van der Waals surface area (Å²) in [4.78, 5) is 19.7. The number of rotatable bonds is 0. The number of fused-ring (bicyclic) bond motifs is 1. The molecule has 0 spiro atoms. The number of carbonyl (C=O) groups is 1. The third-order valence-corrected chi connectivity index (χ3v) is 2.42. The summed E-state index contributed by atoms with van der Waals surface area (Å²) in [6, 6.07) is 0. The molecular weight excluding hydrogens is 178 g/mol. The lowest BCUT2D eigenvalue weighted by Gasteiger charge is -2.24. The van der Waals surface area contributed by atoms with Gasteiger partial charge in [0.25, 0.3) is 0 Å². The molecular formula is C10H13N3O. The molecule has 2 rings (SSSR count). The van der Waals surface area contributed by atoms with Crippen molar-refractivity contribution in [1.29, 1.82) is 0 Å². The van der Waals surface area contributed by atoms with Crippen molar-refractivity contribution in [3.8, 4) is 0 Å². The average Bonchev–Trinajstić information content (AvgIpc) is 2.38. The summed E-state index contributed by atoms with van der Waals surface area (Å²) in [5.41, 5.74) is 0.810. The van der Waals surface area contributed by atoms with E-state index in [9.17, 15) is 4.79 Å². The molecule has 0 aromatic carbocycles. The van der Waals surface area contributed by atoms with Crippen molar-refractivity contribution in [3.05, 3.63) is 18.1 Å². The summed E-state index contributed by atoms with van der Waals surface area (Å²) in [6.07, 6.45) is 3.17. The lowest BCUT2D eigenvalue weighted by atomic mass is 9.78. The van der Waals surface area contributed by atoms with Crippen molar-refractivity contribution in [2.75, 3.05) is 5.32 Å². The molecule has 74 valence electrons. The SMILES string of the molecule is CC(C)(C)C1C(=O)Nc2ncncc21. The molecule has 1 aliphatic heterocycles. The van der Waals surface area contributed by atoms with Gasteiger partial charge in [-0.25, -0.2) is 9.97 Å². The van der Waals surface area contributed by atoms with Gasteiger partial charge in [0.05, 0.1) is 5.92 Å². The quantitative estimate of drug-likeness (QED) is 0.677. The Hall–Kier alpha value is -1.45. The highest BCUT2D eigenvalue weighted by Crippen LogP contribution is 2.41. The molecule has 2 heterocycles. The van der Waals surface area contributed by atoms with Crippen LogP contribution in [0.25, 0.3) is 0 Å². The van der Waals surface area contributed by atoms with E-state index in [1.54, 1.807) is 6.20 Å². The van der Waals surface area contributed by atoms with Crippen molar-refractivity contribution in [3.63, 3.8) is 0 Å². The molecule has 1 atom stereocenters. The number of nitrogens with one attached hydrogen (secondary N) is 1. The van der Waals surface area contributed by atoms with Crippen LogP contribution in [0, 0.1) is 5.41 Å². The highest BCUT2D eigenvalue weighted by Gasteiger charge is 2.39. The molecule has 1 aromatic heterocycles. The number of hydrogen-bond acceptors (Lipinski definition) is 3. The van der Waals surface area contributed by atoms with Gasteiger partial charge in [-0.1, -0.05) is 20.8 Å². The second kappa shape index (κ2) is 2.77. The normalized spacial score (nSPS) is 20.5. The van der Waals surface area contributed by atoms with Crippen molar-refractivity contribution >= 4 is 11.7 Å². The predicted molar refractivity (Wildman–Crippen MR) is 52.9 cm³/mol.